The maximum Gasteiger partial charge on any atom is 0.242 e. The molecule has 0 unspecified atom stereocenters. The van der Waals surface area contributed by atoms with Crippen LogP contribution in [0.2, 0.25) is 0 Å². The predicted octanol–water partition coefficient (Wildman–Crippen LogP) is 3.03. The number of halogens is 2. The first kappa shape index (κ1) is 17.2. The molecule has 0 aromatic heterocycles. The standard InChI is InChI=1S/C13H18Br2N2O3S/c14-11-7-9(16)8-12(15)13(11)21(18,19)17-5-6-20-10-3-1-2-4-10/h7-8,10,17H,1-6,16H2. The van der Waals surface area contributed by atoms with Crippen LogP contribution >= 0.6 is 31.9 Å². The molecule has 2 rings (SSSR count). The van der Waals surface area contributed by atoms with E-state index in [1.807, 2.05) is 0 Å². The summed E-state index contributed by atoms with van der Waals surface area (Å²) >= 11 is 6.47. The van der Waals surface area contributed by atoms with E-state index in [1.165, 1.54) is 12.8 Å². The molecule has 118 valence electrons. The zero-order valence-electron chi connectivity index (χ0n) is 11.4. The van der Waals surface area contributed by atoms with E-state index in [2.05, 4.69) is 36.6 Å². The van der Waals surface area contributed by atoms with Crippen LogP contribution in [0, 0.1) is 0 Å². The van der Waals surface area contributed by atoms with Crippen LogP contribution < -0.4 is 10.5 Å². The van der Waals surface area contributed by atoms with Gasteiger partial charge in [-0.2, -0.15) is 0 Å². The van der Waals surface area contributed by atoms with Crippen LogP contribution in [0.4, 0.5) is 5.69 Å². The van der Waals surface area contributed by atoms with Crippen molar-refractivity contribution in [2.24, 2.45) is 0 Å². The molecule has 1 saturated carbocycles. The number of nitrogens with one attached hydrogen (secondary N) is 1. The van der Waals surface area contributed by atoms with Gasteiger partial charge in [0.25, 0.3) is 0 Å². The largest absolute Gasteiger partial charge is 0.399 e. The summed E-state index contributed by atoms with van der Waals surface area (Å²) in [7, 11) is -3.61. The van der Waals surface area contributed by atoms with Crippen LogP contribution in [0.5, 0.6) is 0 Å². The molecule has 0 spiro atoms. The first-order valence-electron chi connectivity index (χ1n) is 6.76. The van der Waals surface area contributed by atoms with Crippen molar-refractivity contribution in [3.05, 3.63) is 21.1 Å². The van der Waals surface area contributed by atoms with Gasteiger partial charge in [-0.15, -0.1) is 0 Å². The van der Waals surface area contributed by atoms with Gasteiger partial charge in [0.2, 0.25) is 10.0 Å². The summed E-state index contributed by atoms with van der Waals surface area (Å²) in [6.45, 7) is 0.635. The lowest BCUT2D eigenvalue weighted by molar-refractivity contribution is 0.0626. The van der Waals surface area contributed by atoms with Crippen LogP contribution in [0.15, 0.2) is 26.0 Å². The zero-order chi connectivity index (χ0) is 15.5. The van der Waals surface area contributed by atoms with E-state index in [4.69, 9.17) is 10.5 Å². The molecular weight excluding hydrogens is 424 g/mol. The van der Waals surface area contributed by atoms with Gasteiger partial charge in [0.15, 0.2) is 0 Å². The summed E-state index contributed by atoms with van der Waals surface area (Å²) in [6.07, 6.45) is 4.82. The number of nitrogens with two attached hydrogens (primary N) is 1. The number of anilines is 1. The number of hydrogen-bond donors (Lipinski definition) is 2. The first-order chi connectivity index (χ1) is 9.90. The molecule has 1 aromatic rings. The second-order valence-electron chi connectivity index (χ2n) is 4.99. The van der Waals surface area contributed by atoms with Crippen molar-refractivity contribution in [1.29, 1.82) is 0 Å². The molecule has 0 radical (unpaired) electrons. The van der Waals surface area contributed by atoms with Gasteiger partial charge >= 0.3 is 0 Å². The van der Waals surface area contributed by atoms with Gasteiger partial charge in [0.1, 0.15) is 4.90 Å². The maximum absolute atomic E-state index is 12.3. The van der Waals surface area contributed by atoms with Gasteiger partial charge in [-0.1, -0.05) is 12.8 Å². The third-order valence-corrected chi connectivity index (χ3v) is 6.68. The zero-order valence-corrected chi connectivity index (χ0v) is 15.4. The number of nitrogen functional groups attached to an aromatic ring is 1. The average molecular weight is 442 g/mol. The normalized spacial score (nSPS) is 16.5. The Hall–Kier alpha value is -0.150. The maximum atomic E-state index is 12.3. The summed E-state index contributed by atoms with van der Waals surface area (Å²) in [5.74, 6) is 0. The quantitative estimate of drug-likeness (QED) is 0.525. The monoisotopic (exact) mass is 440 g/mol. The smallest absolute Gasteiger partial charge is 0.242 e. The van der Waals surface area contributed by atoms with Gasteiger partial charge in [-0.3, -0.25) is 0 Å². The average Bonchev–Trinajstić information content (AvgIpc) is 2.86. The molecule has 1 aliphatic rings. The van der Waals surface area contributed by atoms with Gasteiger partial charge < -0.3 is 10.5 Å². The molecule has 0 atom stereocenters. The van der Waals surface area contributed by atoms with Crippen LogP contribution in [-0.2, 0) is 14.8 Å². The van der Waals surface area contributed by atoms with E-state index < -0.39 is 10.0 Å². The highest BCUT2D eigenvalue weighted by atomic mass is 79.9. The number of benzene rings is 1. The summed E-state index contributed by atoms with van der Waals surface area (Å²) in [6, 6.07) is 3.13. The van der Waals surface area contributed by atoms with Crippen molar-refractivity contribution in [3.63, 3.8) is 0 Å². The Morgan fingerprint density at radius 3 is 2.38 bits per heavy atom. The van der Waals surface area contributed by atoms with Crippen molar-refractivity contribution in [1.82, 2.24) is 4.72 Å². The SMILES string of the molecule is Nc1cc(Br)c(S(=O)(=O)NCCOC2CCCC2)c(Br)c1. The fraction of sp³-hybridized carbons (Fsp3) is 0.538. The molecule has 0 saturated heterocycles. The Labute approximate surface area is 141 Å². The highest BCUT2D eigenvalue weighted by molar-refractivity contribution is 9.11. The third-order valence-electron chi connectivity index (χ3n) is 3.34. The highest BCUT2D eigenvalue weighted by Gasteiger charge is 2.22. The number of rotatable bonds is 6. The Kier molecular flexibility index (Phi) is 6.07. The molecule has 1 fully saturated rings. The second-order valence-corrected chi connectivity index (χ2v) is 8.40. The Morgan fingerprint density at radius 1 is 1.24 bits per heavy atom. The number of sulfonamides is 1. The topological polar surface area (TPSA) is 81.4 Å². The minimum absolute atomic E-state index is 0.151. The van der Waals surface area contributed by atoms with Gasteiger partial charge in [0.05, 0.1) is 12.7 Å². The number of hydrogen-bond acceptors (Lipinski definition) is 4. The molecule has 0 aliphatic heterocycles. The Balaban J connectivity index is 1.95. The fourth-order valence-electron chi connectivity index (χ4n) is 2.37. The molecule has 5 nitrogen and oxygen atoms in total. The first-order valence-corrected chi connectivity index (χ1v) is 9.83. The van der Waals surface area contributed by atoms with E-state index >= 15 is 0 Å². The Bertz CT molecular complexity index is 578. The van der Waals surface area contributed by atoms with E-state index in [-0.39, 0.29) is 17.5 Å². The van der Waals surface area contributed by atoms with E-state index in [0.29, 0.717) is 21.2 Å². The molecule has 0 amide bonds. The van der Waals surface area contributed by atoms with Crippen molar-refractivity contribution >= 4 is 47.6 Å². The van der Waals surface area contributed by atoms with Crippen molar-refractivity contribution in [3.8, 4) is 0 Å². The molecule has 3 N–H and O–H groups in total. The van der Waals surface area contributed by atoms with Crippen LogP contribution in [0.25, 0.3) is 0 Å². The summed E-state index contributed by atoms with van der Waals surface area (Å²) in [5.41, 5.74) is 6.15. The molecule has 1 aromatic carbocycles. The van der Waals surface area contributed by atoms with Crippen LogP contribution in [0.1, 0.15) is 25.7 Å². The van der Waals surface area contributed by atoms with E-state index in [1.54, 1.807) is 12.1 Å². The summed E-state index contributed by atoms with van der Waals surface area (Å²) < 4.78 is 33.7. The fourth-order valence-corrected chi connectivity index (χ4v) is 5.99. The molecule has 21 heavy (non-hydrogen) atoms. The minimum Gasteiger partial charge on any atom is -0.399 e. The van der Waals surface area contributed by atoms with Crippen LogP contribution in [-0.4, -0.2) is 27.7 Å². The lowest BCUT2D eigenvalue weighted by Crippen LogP contribution is -2.29. The Morgan fingerprint density at radius 2 is 1.81 bits per heavy atom. The van der Waals surface area contributed by atoms with Gasteiger partial charge in [-0.25, -0.2) is 13.1 Å². The molecular formula is C13H18Br2N2O3S. The molecule has 1 aliphatic carbocycles. The second kappa shape index (κ2) is 7.41. The van der Waals surface area contributed by atoms with Gasteiger partial charge in [-0.05, 0) is 56.8 Å². The van der Waals surface area contributed by atoms with E-state index in [9.17, 15) is 8.42 Å². The van der Waals surface area contributed by atoms with E-state index in [0.717, 1.165) is 12.8 Å². The molecule has 0 heterocycles. The predicted molar refractivity (Wildman–Crippen MR) is 89.7 cm³/mol. The van der Waals surface area contributed by atoms with Crippen molar-refractivity contribution < 1.29 is 13.2 Å². The summed E-state index contributed by atoms with van der Waals surface area (Å²) in [5, 5.41) is 0. The van der Waals surface area contributed by atoms with Crippen LogP contribution in [0.3, 0.4) is 0 Å². The van der Waals surface area contributed by atoms with Crippen molar-refractivity contribution in [2.45, 2.75) is 36.7 Å². The van der Waals surface area contributed by atoms with Crippen molar-refractivity contribution in [2.75, 3.05) is 18.9 Å². The third kappa shape index (κ3) is 4.66. The molecule has 8 heteroatoms. The number of ether oxygens (including phenoxy) is 1. The highest BCUT2D eigenvalue weighted by Crippen LogP contribution is 2.32. The lowest BCUT2D eigenvalue weighted by Gasteiger charge is -2.13. The molecule has 0 bridgehead atoms. The summed E-state index contributed by atoms with van der Waals surface area (Å²) in [4.78, 5) is 0.151. The van der Waals surface area contributed by atoms with Gasteiger partial charge in [0, 0.05) is 21.2 Å². The lowest BCUT2D eigenvalue weighted by atomic mass is 10.3. The minimum atomic E-state index is -3.61.